The zero-order valence-electron chi connectivity index (χ0n) is 16.2. The van der Waals surface area contributed by atoms with Crippen LogP contribution in [0.4, 0.5) is 0 Å². The highest BCUT2D eigenvalue weighted by Crippen LogP contribution is 2.37. The Balaban J connectivity index is 1.29. The lowest BCUT2D eigenvalue weighted by Crippen LogP contribution is -2.50. The number of nitrogens with one attached hydrogen (secondary N) is 1. The van der Waals surface area contributed by atoms with Gasteiger partial charge >= 0.3 is 0 Å². The fraction of sp³-hybridized carbons (Fsp3) is 0.391. The van der Waals surface area contributed by atoms with Crippen molar-refractivity contribution in [3.05, 3.63) is 64.7 Å². The van der Waals surface area contributed by atoms with Crippen LogP contribution in [0.25, 0.3) is 0 Å². The van der Waals surface area contributed by atoms with Gasteiger partial charge in [-0.1, -0.05) is 35.9 Å². The summed E-state index contributed by atoms with van der Waals surface area (Å²) >= 11 is 5.99. The standard InChI is InChI=1S/C23H24ClN3O2/c24-18-7-5-16(6-8-18)14-27-20-9-10-21(27)12-19(11-20)26-23(28)15-29-22-4-2-1-3-17(22)13-25/h1-8,19-21H,9-12,14-15H2,(H,26,28). The van der Waals surface area contributed by atoms with Crippen LogP contribution in [-0.4, -0.2) is 35.5 Å². The van der Waals surface area contributed by atoms with Gasteiger partial charge in [0.15, 0.2) is 6.61 Å². The predicted octanol–water partition coefficient (Wildman–Crippen LogP) is 3.90. The minimum absolute atomic E-state index is 0.0704. The van der Waals surface area contributed by atoms with E-state index in [2.05, 4.69) is 28.4 Å². The van der Waals surface area contributed by atoms with Crippen LogP contribution in [-0.2, 0) is 11.3 Å². The van der Waals surface area contributed by atoms with Crippen molar-refractivity contribution in [1.29, 1.82) is 5.26 Å². The second-order valence-electron chi connectivity index (χ2n) is 7.82. The van der Waals surface area contributed by atoms with Gasteiger partial charge in [-0.3, -0.25) is 9.69 Å². The van der Waals surface area contributed by atoms with E-state index in [-0.39, 0.29) is 18.6 Å². The number of para-hydroxylation sites is 1. The number of hydrogen-bond acceptors (Lipinski definition) is 4. The summed E-state index contributed by atoms with van der Waals surface area (Å²) < 4.78 is 5.55. The van der Waals surface area contributed by atoms with Gasteiger partial charge in [-0.05, 0) is 55.5 Å². The number of fused-ring (bicyclic) bond motifs is 2. The lowest BCUT2D eigenvalue weighted by molar-refractivity contribution is -0.124. The molecule has 29 heavy (non-hydrogen) atoms. The molecule has 150 valence electrons. The Hall–Kier alpha value is -2.55. The average Bonchev–Trinajstić information content (AvgIpc) is 2.96. The largest absolute Gasteiger partial charge is 0.482 e. The molecule has 2 saturated heterocycles. The van der Waals surface area contributed by atoms with Crippen LogP contribution in [0, 0.1) is 11.3 Å². The summed E-state index contributed by atoms with van der Waals surface area (Å²) in [6.45, 7) is 0.861. The van der Waals surface area contributed by atoms with Gasteiger partial charge in [0.05, 0.1) is 5.56 Å². The lowest BCUT2D eigenvalue weighted by Gasteiger charge is -2.39. The van der Waals surface area contributed by atoms with Crippen molar-refractivity contribution in [3.63, 3.8) is 0 Å². The summed E-state index contributed by atoms with van der Waals surface area (Å²) in [5, 5.41) is 13.0. The fourth-order valence-electron chi connectivity index (χ4n) is 4.55. The van der Waals surface area contributed by atoms with Crippen molar-refractivity contribution in [1.82, 2.24) is 10.2 Å². The molecule has 0 radical (unpaired) electrons. The van der Waals surface area contributed by atoms with Crippen LogP contribution in [0.1, 0.15) is 36.8 Å². The monoisotopic (exact) mass is 409 g/mol. The predicted molar refractivity (Wildman–Crippen MR) is 112 cm³/mol. The van der Waals surface area contributed by atoms with E-state index in [0.29, 0.717) is 23.4 Å². The lowest BCUT2D eigenvalue weighted by atomic mass is 9.96. The molecule has 2 aromatic rings. The van der Waals surface area contributed by atoms with Crippen molar-refractivity contribution < 1.29 is 9.53 Å². The van der Waals surface area contributed by atoms with Crippen LogP contribution in [0.15, 0.2) is 48.5 Å². The molecule has 5 nitrogen and oxygen atoms in total. The Morgan fingerprint density at radius 1 is 1.14 bits per heavy atom. The van der Waals surface area contributed by atoms with Gasteiger partial charge in [0.2, 0.25) is 0 Å². The van der Waals surface area contributed by atoms with Crippen LogP contribution < -0.4 is 10.1 Å². The van der Waals surface area contributed by atoms with E-state index in [9.17, 15) is 4.79 Å². The first-order chi connectivity index (χ1) is 14.1. The van der Waals surface area contributed by atoms with Crippen molar-refractivity contribution in [2.24, 2.45) is 0 Å². The SMILES string of the molecule is N#Cc1ccccc1OCC(=O)NC1CC2CCC(C1)N2Cc1ccc(Cl)cc1. The number of nitrogens with zero attached hydrogens (tertiary/aromatic N) is 2. The molecule has 2 bridgehead atoms. The molecule has 6 heteroatoms. The Kier molecular flexibility index (Phi) is 6.03. The highest BCUT2D eigenvalue weighted by Gasteiger charge is 2.40. The number of piperidine rings is 1. The molecule has 0 aliphatic carbocycles. The van der Waals surface area contributed by atoms with Gasteiger partial charge in [-0.25, -0.2) is 0 Å². The highest BCUT2D eigenvalue weighted by molar-refractivity contribution is 6.30. The quantitative estimate of drug-likeness (QED) is 0.785. The number of amides is 1. The summed E-state index contributed by atoms with van der Waals surface area (Å²) in [7, 11) is 0. The van der Waals surface area contributed by atoms with Crippen LogP contribution >= 0.6 is 11.6 Å². The molecule has 0 aromatic heterocycles. The summed E-state index contributed by atoms with van der Waals surface area (Å²) in [6, 6.07) is 18.3. The zero-order valence-corrected chi connectivity index (χ0v) is 16.9. The topological polar surface area (TPSA) is 65.4 Å². The van der Waals surface area contributed by atoms with Crippen LogP contribution in [0.5, 0.6) is 5.75 Å². The molecule has 1 amide bonds. The molecule has 2 aromatic carbocycles. The summed E-state index contributed by atoms with van der Waals surface area (Å²) in [6.07, 6.45) is 4.28. The molecule has 2 atom stereocenters. The van der Waals surface area contributed by atoms with E-state index >= 15 is 0 Å². The first-order valence-corrected chi connectivity index (χ1v) is 10.4. The van der Waals surface area contributed by atoms with E-state index in [1.165, 1.54) is 18.4 Å². The highest BCUT2D eigenvalue weighted by atomic mass is 35.5. The van der Waals surface area contributed by atoms with Gasteiger partial charge < -0.3 is 10.1 Å². The molecule has 1 N–H and O–H groups in total. The normalized spacial score (nSPS) is 23.4. The second-order valence-corrected chi connectivity index (χ2v) is 8.25. The molecule has 0 saturated carbocycles. The maximum absolute atomic E-state index is 12.4. The van der Waals surface area contributed by atoms with Crippen LogP contribution in [0.2, 0.25) is 5.02 Å². The van der Waals surface area contributed by atoms with Gasteiger partial charge in [-0.2, -0.15) is 5.26 Å². The van der Waals surface area contributed by atoms with Crippen molar-refractivity contribution in [2.45, 2.75) is 50.4 Å². The Morgan fingerprint density at radius 3 is 2.52 bits per heavy atom. The van der Waals surface area contributed by atoms with E-state index in [4.69, 9.17) is 21.6 Å². The third-order valence-electron chi connectivity index (χ3n) is 5.89. The maximum atomic E-state index is 12.4. The van der Waals surface area contributed by atoms with Crippen molar-refractivity contribution in [2.75, 3.05) is 6.61 Å². The second kappa shape index (κ2) is 8.86. The molecule has 0 spiro atoms. The summed E-state index contributed by atoms with van der Waals surface area (Å²) in [5.41, 5.74) is 1.71. The van der Waals surface area contributed by atoms with E-state index < -0.39 is 0 Å². The van der Waals surface area contributed by atoms with Gasteiger partial charge in [-0.15, -0.1) is 0 Å². The molecular formula is C23H24ClN3O2. The van der Waals surface area contributed by atoms with Gasteiger partial charge in [0.1, 0.15) is 11.8 Å². The number of ether oxygens (including phenoxy) is 1. The Morgan fingerprint density at radius 2 is 1.83 bits per heavy atom. The number of benzene rings is 2. The Bertz CT molecular complexity index is 895. The first-order valence-electron chi connectivity index (χ1n) is 10.0. The third kappa shape index (κ3) is 4.72. The minimum atomic E-state index is -0.131. The smallest absolute Gasteiger partial charge is 0.258 e. The van der Waals surface area contributed by atoms with Crippen molar-refractivity contribution in [3.8, 4) is 11.8 Å². The number of carbonyl (C=O) groups excluding carboxylic acids is 1. The molecule has 2 unspecified atom stereocenters. The molecular weight excluding hydrogens is 386 g/mol. The number of halogens is 1. The van der Waals surface area contributed by atoms with E-state index in [1.807, 2.05) is 12.1 Å². The molecule has 2 heterocycles. The minimum Gasteiger partial charge on any atom is -0.482 e. The number of nitriles is 1. The van der Waals surface area contributed by atoms with Gasteiger partial charge in [0, 0.05) is 29.7 Å². The molecule has 2 aliphatic rings. The average molecular weight is 410 g/mol. The van der Waals surface area contributed by atoms with Crippen LogP contribution in [0.3, 0.4) is 0 Å². The zero-order chi connectivity index (χ0) is 20.2. The molecule has 4 rings (SSSR count). The van der Waals surface area contributed by atoms with E-state index in [1.54, 1.807) is 24.3 Å². The number of hydrogen-bond donors (Lipinski definition) is 1. The first kappa shape index (κ1) is 19.8. The summed E-state index contributed by atoms with van der Waals surface area (Å²) in [5.74, 6) is 0.316. The molecule has 2 aliphatic heterocycles. The summed E-state index contributed by atoms with van der Waals surface area (Å²) in [4.78, 5) is 15.0. The van der Waals surface area contributed by atoms with Crippen molar-refractivity contribution >= 4 is 17.5 Å². The number of carbonyl (C=O) groups is 1. The van der Waals surface area contributed by atoms with Gasteiger partial charge in [0.25, 0.3) is 5.91 Å². The Labute approximate surface area is 176 Å². The fourth-order valence-corrected chi connectivity index (χ4v) is 4.67. The third-order valence-corrected chi connectivity index (χ3v) is 6.15. The number of rotatable bonds is 6. The van der Waals surface area contributed by atoms with E-state index in [0.717, 1.165) is 24.4 Å². The maximum Gasteiger partial charge on any atom is 0.258 e. The molecule has 2 fully saturated rings.